The van der Waals surface area contributed by atoms with Gasteiger partial charge in [0.2, 0.25) is 10.0 Å². The summed E-state index contributed by atoms with van der Waals surface area (Å²) in [5, 5.41) is 15.9. The van der Waals surface area contributed by atoms with Crippen LogP contribution in [0.3, 0.4) is 0 Å². The Labute approximate surface area is 294 Å². The van der Waals surface area contributed by atoms with E-state index >= 15 is 8.78 Å². The Morgan fingerprint density at radius 3 is 2.43 bits per heavy atom. The fraction of sp³-hybridized carbons (Fsp3) is 0.333. The number of hydrogen-bond acceptors (Lipinski definition) is 8. The minimum atomic E-state index is -3.87. The molecule has 1 aromatic heterocycles. The zero-order valence-corrected chi connectivity index (χ0v) is 29.3. The maximum Gasteiger partial charge on any atom is 0.298 e. The second kappa shape index (κ2) is 13.2. The lowest BCUT2D eigenvalue weighted by atomic mass is 9.97. The van der Waals surface area contributed by atoms with Gasteiger partial charge in [0.25, 0.3) is 17.7 Å². The van der Waals surface area contributed by atoms with Gasteiger partial charge in [-0.25, -0.2) is 13.1 Å². The number of fused-ring (bicyclic) bond motifs is 2. The summed E-state index contributed by atoms with van der Waals surface area (Å²) in [5.74, 6) is -4.24. The Morgan fingerprint density at radius 2 is 1.80 bits per heavy atom. The van der Waals surface area contributed by atoms with Crippen LogP contribution in [0.4, 0.5) is 20.2 Å². The molecule has 4 atom stereocenters. The topological polar surface area (TPSA) is 147 Å². The SMILES string of the molecule is COCC(C)S(=O)(=O)N(C)C1CC12[C@H](C)N(c1ccc(C(F)(F)c3ccccc3)cc1)C(=O)c1c(NC(=O)c3ccc(OC)c(C#N)c3)cnn12. The van der Waals surface area contributed by atoms with Gasteiger partial charge < -0.3 is 19.7 Å². The Morgan fingerprint density at radius 1 is 1.14 bits per heavy atom. The van der Waals surface area contributed by atoms with Gasteiger partial charge >= 0.3 is 0 Å². The lowest BCUT2D eigenvalue weighted by molar-refractivity contribution is 0.0428. The average Bonchev–Trinajstić information content (AvgIpc) is 3.74. The normalized spacial score (nSPS) is 20.5. The lowest BCUT2D eigenvalue weighted by Gasteiger charge is -2.42. The van der Waals surface area contributed by atoms with Crippen LogP contribution < -0.4 is 15.0 Å². The van der Waals surface area contributed by atoms with Crippen molar-refractivity contribution in [3.05, 3.63) is 107 Å². The number of nitriles is 1. The monoisotopic (exact) mass is 718 g/mol. The highest BCUT2D eigenvalue weighted by atomic mass is 32.2. The summed E-state index contributed by atoms with van der Waals surface area (Å²) in [7, 11) is 0.414. The smallest absolute Gasteiger partial charge is 0.298 e. The molecule has 6 rings (SSSR count). The number of aromatic nitrogens is 2. The molecule has 2 amide bonds. The first-order chi connectivity index (χ1) is 24.2. The third kappa shape index (κ3) is 5.82. The molecule has 2 aliphatic rings. The molecular weight excluding hydrogens is 682 g/mol. The second-order valence-corrected chi connectivity index (χ2v) is 15.1. The van der Waals surface area contributed by atoms with E-state index in [4.69, 9.17) is 9.47 Å². The molecule has 1 aliphatic carbocycles. The van der Waals surface area contributed by atoms with E-state index in [1.165, 1.54) is 108 Å². The van der Waals surface area contributed by atoms with Gasteiger partial charge in [0.1, 0.15) is 17.4 Å². The molecule has 3 aromatic carbocycles. The predicted molar refractivity (Wildman–Crippen MR) is 184 cm³/mol. The van der Waals surface area contributed by atoms with Crippen LogP contribution in [0, 0.1) is 11.3 Å². The number of amides is 2. The minimum Gasteiger partial charge on any atom is -0.495 e. The Balaban J connectivity index is 1.41. The first-order valence-corrected chi connectivity index (χ1v) is 17.6. The van der Waals surface area contributed by atoms with Crippen molar-refractivity contribution < 1.29 is 36.3 Å². The standard InChI is InChI=1S/C36H36F2N6O6S/c1-22(21-49-4)51(47,48)42(3)31-18-35(31)23(2)43(28-14-12-27(13-15-28)36(37,38)26-9-7-6-8-10-26)34(46)32-29(20-40-44(32)35)41-33(45)24-11-16-30(50-5)25(17-24)19-39/h6-17,20,22-23,31H,18,21H2,1-5H3,(H,41,45)/t22?,23-,31?,35?/m0/s1. The number of hydrogen-bond donors (Lipinski definition) is 1. The van der Waals surface area contributed by atoms with E-state index in [0.717, 1.165) is 0 Å². The zero-order valence-electron chi connectivity index (χ0n) is 28.5. The van der Waals surface area contributed by atoms with Crippen molar-refractivity contribution in [3.63, 3.8) is 0 Å². The summed E-state index contributed by atoms with van der Waals surface area (Å²) in [4.78, 5) is 29.3. The van der Waals surface area contributed by atoms with E-state index in [1.54, 1.807) is 19.9 Å². The summed E-state index contributed by atoms with van der Waals surface area (Å²) >= 11 is 0. The minimum absolute atomic E-state index is 0.0209. The number of ether oxygens (including phenoxy) is 2. The number of nitrogens with one attached hydrogen (secondary N) is 1. The maximum absolute atomic E-state index is 15.5. The van der Waals surface area contributed by atoms with Gasteiger partial charge in [0, 0.05) is 36.5 Å². The van der Waals surface area contributed by atoms with Crippen molar-refractivity contribution in [1.82, 2.24) is 14.1 Å². The fourth-order valence-electron chi connectivity index (χ4n) is 6.92. The molecule has 2 heterocycles. The van der Waals surface area contributed by atoms with Crippen LogP contribution in [0.5, 0.6) is 5.75 Å². The zero-order chi connectivity index (χ0) is 36.9. The highest BCUT2D eigenvalue weighted by Gasteiger charge is 2.69. The van der Waals surface area contributed by atoms with Crippen molar-refractivity contribution in [2.24, 2.45) is 0 Å². The van der Waals surface area contributed by atoms with Crippen LogP contribution in [0.2, 0.25) is 0 Å². The molecular formula is C36H36F2N6O6S. The highest BCUT2D eigenvalue weighted by molar-refractivity contribution is 7.89. The van der Waals surface area contributed by atoms with Crippen LogP contribution in [-0.4, -0.2) is 79.5 Å². The van der Waals surface area contributed by atoms with E-state index in [-0.39, 0.29) is 52.4 Å². The fourth-order valence-corrected chi connectivity index (χ4v) is 8.41. The Hall–Kier alpha value is -5.17. The predicted octanol–water partition coefficient (Wildman–Crippen LogP) is 4.97. The number of anilines is 2. The van der Waals surface area contributed by atoms with Crippen LogP contribution >= 0.6 is 0 Å². The highest BCUT2D eigenvalue weighted by Crippen LogP contribution is 2.56. The number of carbonyl (C=O) groups excluding carboxylic acids is 2. The molecule has 1 saturated carbocycles. The van der Waals surface area contributed by atoms with Crippen LogP contribution in [-0.2, 0) is 26.2 Å². The van der Waals surface area contributed by atoms with Gasteiger partial charge in [-0.15, -0.1) is 0 Å². The van der Waals surface area contributed by atoms with Crippen molar-refractivity contribution in [3.8, 4) is 11.8 Å². The molecule has 0 radical (unpaired) electrons. The molecule has 0 bridgehead atoms. The molecule has 1 N–H and O–H groups in total. The average molecular weight is 719 g/mol. The summed E-state index contributed by atoms with van der Waals surface area (Å²) in [6, 6.07) is 17.7. The molecule has 1 fully saturated rings. The molecule has 1 aliphatic heterocycles. The molecule has 3 unspecified atom stereocenters. The van der Waals surface area contributed by atoms with Gasteiger partial charge in [-0.1, -0.05) is 42.5 Å². The molecule has 51 heavy (non-hydrogen) atoms. The van der Waals surface area contributed by atoms with Gasteiger partial charge in [-0.05, 0) is 50.6 Å². The number of carbonyl (C=O) groups is 2. The lowest BCUT2D eigenvalue weighted by Crippen LogP contribution is -2.57. The number of halogens is 2. The number of benzene rings is 3. The Kier molecular flexibility index (Phi) is 9.21. The number of alkyl halides is 2. The van der Waals surface area contributed by atoms with Crippen molar-refractivity contribution in [1.29, 1.82) is 5.26 Å². The number of likely N-dealkylation sites (N-methyl/N-ethyl adjacent to an activating group) is 1. The third-order valence-electron chi connectivity index (χ3n) is 9.86. The van der Waals surface area contributed by atoms with E-state index in [2.05, 4.69) is 10.4 Å². The van der Waals surface area contributed by atoms with Crippen LogP contribution in [0.1, 0.15) is 57.8 Å². The van der Waals surface area contributed by atoms with Gasteiger partial charge in [-0.3, -0.25) is 9.59 Å². The third-order valence-corrected chi connectivity index (χ3v) is 12.1. The molecule has 15 heteroatoms. The quantitative estimate of drug-likeness (QED) is 0.229. The molecule has 12 nitrogen and oxygen atoms in total. The molecule has 266 valence electrons. The van der Waals surface area contributed by atoms with Crippen LogP contribution in [0.15, 0.2) is 79.0 Å². The van der Waals surface area contributed by atoms with E-state index in [9.17, 15) is 23.3 Å². The number of sulfonamides is 1. The number of nitrogens with zero attached hydrogens (tertiary/aromatic N) is 5. The number of rotatable bonds is 11. The summed E-state index contributed by atoms with van der Waals surface area (Å²) < 4.78 is 71.1. The van der Waals surface area contributed by atoms with E-state index < -0.39 is 50.6 Å². The second-order valence-electron chi connectivity index (χ2n) is 12.7. The van der Waals surface area contributed by atoms with Gasteiger partial charge in [-0.2, -0.15) is 23.4 Å². The summed E-state index contributed by atoms with van der Waals surface area (Å²) in [5.41, 5.74) is -0.975. The Bertz CT molecular complexity index is 2140. The first kappa shape index (κ1) is 35.6. The van der Waals surface area contributed by atoms with Gasteiger partial charge in [0.15, 0.2) is 5.69 Å². The summed E-state index contributed by atoms with van der Waals surface area (Å²) in [6.45, 7) is 3.27. The molecule has 0 saturated heterocycles. The summed E-state index contributed by atoms with van der Waals surface area (Å²) in [6.07, 6.45) is 1.59. The molecule has 4 aromatic rings. The van der Waals surface area contributed by atoms with Crippen molar-refractivity contribution >= 4 is 33.2 Å². The van der Waals surface area contributed by atoms with Crippen LogP contribution in [0.25, 0.3) is 0 Å². The largest absolute Gasteiger partial charge is 0.495 e. The van der Waals surface area contributed by atoms with Gasteiger partial charge in [0.05, 0.1) is 48.5 Å². The van der Waals surface area contributed by atoms with Crippen molar-refractivity contribution in [2.75, 3.05) is 38.1 Å². The van der Waals surface area contributed by atoms with E-state index in [1.807, 2.05) is 6.07 Å². The van der Waals surface area contributed by atoms with Crippen molar-refractivity contribution in [2.45, 2.75) is 49.1 Å². The van der Waals surface area contributed by atoms with E-state index in [0.29, 0.717) is 5.69 Å². The number of methoxy groups -OCH3 is 2. The molecule has 1 spiro atoms. The first-order valence-electron chi connectivity index (χ1n) is 16.0. The maximum atomic E-state index is 15.5.